The molecule has 1 unspecified atom stereocenters. The van der Waals surface area contributed by atoms with Crippen molar-refractivity contribution >= 4 is 17.8 Å². The molecule has 0 N–H and O–H groups in total. The fourth-order valence-electron chi connectivity index (χ4n) is 2.32. The second-order valence-electron chi connectivity index (χ2n) is 6.18. The SMILES string of the molecule is COC(=O)C1C(=O)C2(CC2)CN1C(=O)OC(C)(C)C. The third-order valence-electron chi connectivity index (χ3n) is 3.46. The van der Waals surface area contributed by atoms with Crippen LogP contribution in [0.3, 0.4) is 0 Å². The highest BCUT2D eigenvalue weighted by Crippen LogP contribution is 2.52. The van der Waals surface area contributed by atoms with Crippen LogP contribution in [0.4, 0.5) is 4.79 Å². The van der Waals surface area contributed by atoms with Gasteiger partial charge in [-0.25, -0.2) is 9.59 Å². The van der Waals surface area contributed by atoms with Crippen molar-refractivity contribution in [2.75, 3.05) is 13.7 Å². The number of carbonyl (C=O) groups is 3. The summed E-state index contributed by atoms with van der Waals surface area (Å²) in [6.45, 7) is 5.47. The quantitative estimate of drug-likeness (QED) is 0.527. The number of hydrogen-bond acceptors (Lipinski definition) is 5. The lowest BCUT2D eigenvalue weighted by Gasteiger charge is -2.26. The van der Waals surface area contributed by atoms with Crippen LogP contribution in [0, 0.1) is 5.41 Å². The number of amides is 1. The number of methoxy groups -OCH3 is 1. The van der Waals surface area contributed by atoms with Gasteiger partial charge >= 0.3 is 12.1 Å². The second kappa shape index (κ2) is 4.21. The number of ether oxygens (including phenoxy) is 2. The fraction of sp³-hybridized carbons (Fsp3) is 0.769. The molecule has 1 aliphatic carbocycles. The molecule has 1 saturated heterocycles. The Balaban J connectivity index is 2.20. The molecule has 1 aliphatic heterocycles. The number of nitrogens with zero attached hydrogens (tertiary/aromatic N) is 1. The van der Waals surface area contributed by atoms with E-state index in [1.165, 1.54) is 12.0 Å². The number of esters is 1. The Morgan fingerprint density at radius 3 is 2.32 bits per heavy atom. The standard InChI is InChI=1S/C13H19NO5/c1-12(2,3)19-11(17)14-7-13(5-6-13)9(15)8(14)10(16)18-4/h8H,5-7H2,1-4H3. The highest BCUT2D eigenvalue weighted by molar-refractivity contribution is 6.11. The predicted molar refractivity (Wildman–Crippen MR) is 65.4 cm³/mol. The number of carbonyl (C=O) groups excluding carboxylic acids is 3. The van der Waals surface area contributed by atoms with E-state index in [2.05, 4.69) is 4.74 Å². The zero-order valence-electron chi connectivity index (χ0n) is 11.7. The number of Topliss-reactive ketones (excluding diaryl/α,β-unsaturated/α-hetero) is 1. The van der Waals surface area contributed by atoms with Gasteiger partial charge in [-0.05, 0) is 33.6 Å². The van der Waals surface area contributed by atoms with Crippen molar-refractivity contribution in [2.24, 2.45) is 5.41 Å². The first-order valence-electron chi connectivity index (χ1n) is 6.32. The van der Waals surface area contributed by atoms with Crippen LogP contribution in [0.15, 0.2) is 0 Å². The maximum absolute atomic E-state index is 12.2. The van der Waals surface area contributed by atoms with E-state index in [0.717, 1.165) is 12.8 Å². The lowest BCUT2D eigenvalue weighted by molar-refractivity contribution is -0.148. The van der Waals surface area contributed by atoms with Crippen molar-refractivity contribution in [3.63, 3.8) is 0 Å². The molecular weight excluding hydrogens is 250 g/mol. The Hall–Kier alpha value is -1.59. The minimum Gasteiger partial charge on any atom is -0.467 e. The van der Waals surface area contributed by atoms with Crippen LogP contribution < -0.4 is 0 Å². The van der Waals surface area contributed by atoms with Gasteiger partial charge in [0.05, 0.1) is 7.11 Å². The van der Waals surface area contributed by atoms with Gasteiger partial charge in [0.1, 0.15) is 5.60 Å². The lowest BCUT2D eigenvalue weighted by Crippen LogP contribution is -2.46. The predicted octanol–water partition coefficient (Wildman–Crippen LogP) is 1.13. The maximum atomic E-state index is 12.2. The molecule has 0 aromatic rings. The molecule has 1 saturated carbocycles. The van der Waals surface area contributed by atoms with Gasteiger partial charge in [0, 0.05) is 12.0 Å². The Kier molecular flexibility index (Phi) is 3.07. The van der Waals surface area contributed by atoms with Crippen LogP contribution in [0.5, 0.6) is 0 Å². The summed E-state index contributed by atoms with van der Waals surface area (Å²) >= 11 is 0. The molecule has 1 heterocycles. The van der Waals surface area contributed by atoms with Crippen LogP contribution in [-0.2, 0) is 19.1 Å². The monoisotopic (exact) mass is 269 g/mol. The summed E-state index contributed by atoms with van der Waals surface area (Å²) in [7, 11) is 1.21. The zero-order chi connectivity index (χ0) is 14.4. The topological polar surface area (TPSA) is 72.9 Å². The van der Waals surface area contributed by atoms with Gasteiger partial charge < -0.3 is 9.47 Å². The van der Waals surface area contributed by atoms with Gasteiger partial charge in [0.2, 0.25) is 0 Å². The number of likely N-dealkylation sites (tertiary alicyclic amines) is 1. The highest BCUT2D eigenvalue weighted by Gasteiger charge is 2.63. The summed E-state index contributed by atoms with van der Waals surface area (Å²) in [6.07, 6.45) is 0.803. The molecule has 0 aromatic heterocycles. The Morgan fingerprint density at radius 1 is 1.32 bits per heavy atom. The molecule has 2 rings (SSSR count). The summed E-state index contributed by atoms with van der Waals surface area (Å²) in [6, 6.07) is -1.15. The second-order valence-corrected chi connectivity index (χ2v) is 6.18. The van der Waals surface area contributed by atoms with Crippen LogP contribution in [0.25, 0.3) is 0 Å². The molecule has 2 fully saturated rings. The normalized spacial score (nSPS) is 24.5. The Labute approximate surface area is 112 Å². The van der Waals surface area contributed by atoms with E-state index in [9.17, 15) is 14.4 Å². The lowest BCUT2D eigenvalue weighted by atomic mass is 10.0. The third-order valence-corrected chi connectivity index (χ3v) is 3.46. The smallest absolute Gasteiger partial charge is 0.411 e. The minimum atomic E-state index is -1.15. The van der Waals surface area contributed by atoms with E-state index >= 15 is 0 Å². The Morgan fingerprint density at radius 2 is 1.89 bits per heavy atom. The molecule has 6 nitrogen and oxygen atoms in total. The van der Waals surface area contributed by atoms with E-state index in [1.54, 1.807) is 20.8 Å². The molecule has 106 valence electrons. The average Bonchev–Trinajstić information content (AvgIpc) is 2.99. The average molecular weight is 269 g/mol. The molecular formula is C13H19NO5. The van der Waals surface area contributed by atoms with Crippen LogP contribution in [0.2, 0.25) is 0 Å². The summed E-state index contributed by atoms with van der Waals surface area (Å²) in [5.74, 6) is -0.912. The first-order chi connectivity index (χ1) is 8.70. The summed E-state index contributed by atoms with van der Waals surface area (Å²) in [5, 5.41) is 0. The van der Waals surface area contributed by atoms with Crippen LogP contribution in [0.1, 0.15) is 33.6 Å². The zero-order valence-corrected chi connectivity index (χ0v) is 11.7. The molecule has 0 radical (unpaired) electrons. The van der Waals surface area contributed by atoms with E-state index < -0.39 is 29.1 Å². The van der Waals surface area contributed by atoms with Gasteiger partial charge in [0.25, 0.3) is 0 Å². The highest BCUT2D eigenvalue weighted by atomic mass is 16.6. The van der Waals surface area contributed by atoms with E-state index in [1.807, 2.05) is 0 Å². The first-order valence-corrected chi connectivity index (χ1v) is 6.32. The molecule has 19 heavy (non-hydrogen) atoms. The van der Waals surface area contributed by atoms with Crippen molar-refractivity contribution in [1.82, 2.24) is 4.90 Å². The minimum absolute atomic E-state index is 0.217. The van der Waals surface area contributed by atoms with E-state index in [-0.39, 0.29) is 12.3 Å². The van der Waals surface area contributed by atoms with E-state index in [4.69, 9.17) is 4.74 Å². The van der Waals surface area contributed by atoms with Crippen molar-refractivity contribution in [3.05, 3.63) is 0 Å². The molecule has 0 aromatic carbocycles. The van der Waals surface area contributed by atoms with Gasteiger partial charge in [-0.1, -0.05) is 0 Å². The Bertz CT molecular complexity index is 433. The summed E-state index contributed by atoms with van der Waals surface area (Å²) in [5.41, 5.74) is -1.20. The van der Waals surface area contributed by atoms with Crippen molar-refractivity contribution < 1.29 is 23.9 Å². The van der Waals surface area contributed by atoms with Crippen LogP contribution in [-0.4, -0.2) is 48.0 Å². The van der Waals surface area contributed by atoms with Crippen LogP contribution >= 0.6 is 0 Å². The first kappa shape index (κ1) is 13.8. The number of rotatable bonds is 1. The molecule has 0 bridgehead atoms. The molecule has 1 atom stereocenters. The molecule has 6 heteroatoms. The van der Waals surface area contributed by atoms with Gasteiger partial charge in [-0.15, -0.1) is 0 Å². The molecule has 2 aliphatic rings. The number of ketones is 1. The van der Waals surface area contributed by atoms with Crippen molar-refractivity contribution in [2.45, 2.75) is 45.3 Å². The van der Waals surface area contributed by atoms with Gasteiger partial charge in [-0.3, -0.25) is 9.69 Å². The largest absolute Gasteiger partial charge is 0.467 e. The van der Waals surface area contributed by atoms with Gasteiger partial charge in [-0.2, -0.15) is 0 Å². The fourth-order valence-corrected chi connectivity index (χ4v) is 2.32. The molecule has 1 spiro atoms. The van der Waals surface area contributed by atoms with Gasteiger partial charge in [0.15, 0.2) is 11.8 Å². The number of hydrogen-bond donors (Lipinski definition) is 0. The van der Waals surface area contributed by atoms with Crippen molar-refractivity contribution in [1.29, 1.82) is 0 Å². The maximum Gasteiger partial charge on any atom is 0.411 e. The summed E-state index contributed by atoms with van der Waals surface area (Å²) in [4.78, 5) is 37.2. The summed E-state index contributed by atoms with van der Waals surface area (Å²) < 4.78 is 9.87. The van der Waals surface area contributed by atoms with E-state index in [0.29, 0.717) is 0 Å². The van der Waals surface area contributed by atoms with Crippen molar-refractivity contribution in [3.8, 4) is 0 Å². The third kappa shape index (κ3) is 2.43. The molecule has 1 amide bonds.